The quantitative estimate of drug-likeness (QED) is 0.879. The number of para-hydroxylation sites is 1. The number of esters is 1. The molecule has 0 fully saturated rings. The molecule has 124 valence electrons. The highest BCUT2D eigenvalue weighted by atomic mass is 16.5. The van der Waals surface area contributed by atoms with Crippen molar-refractivity contribution in [1.29, 1.82) is 0 Å². The molecule has 1 aliphatic heterocycles. The van der Waals surface area contributed by atoms with Crippen LogP contribution in [0.25, 0.3) is 0 Å². The number of nitrogens with zero attached hydrogens (tertiary/aromatic N) is 1. The van der Waals surface area contributed by atoms with E-state index in [1.165, 1.54) is 6.92 Å². The largest absolute Gasteiger partial charge is 0.461 e. The second kappa shape index (κ2) is 6.74. The number of nitrogens with one attached hydrogen (secondary N) is 1. The first-order chi connectivity index (χ1) is 11.6. The van der Waals surface area contributed by atoms with Crippen molar-refractivity contribution in [3.8, 4) is 0 Å². The smallest absolute Gasteiger partial charge is 0.302 e. The molecule has 2 aromatic carbocycles. The maximum absolute atomic E-state index is 12.9. The van der Waals surface area contributed by atoms with Gasteiger partial charge in [-0.1, -0.05) is 18.2 Å². The van der Waals surface area contributed by atoms with E-state index in [9.17, 15) is 9.59 Å². The molecule has 1 aliphatic rings. The van der Waals surface area contributed by atoms with Crippen LogP contribution in [0, 0.1) is 0 Å². The van der Waals surface area contributed by atoms with E-state index in [-0.39, 0.29) is 18.5 Å². The molecular formula is C19H20N2O3. The highest BCUT2D eigenvalue weighted by Crippen LogP contribution is 2.29. The van der Waals surface area contributed by atoms with Crippen LogP contribution in [0.3, 0.4) is 0 Å². The Bertz CT molecular complexity index is 786. The Hall–Kier alpha value is -2.82. The molecule has 0 bridgehead atoms. The van der Waals surface area contributed by atoms with Gasteiger partial charge in [0.1, 0.15) is 6.61 Å². The average Bonchev–Trinajstić information content (AvgIpc) is 2.60. The first kappa shape index (κ1) is 16.1. The Morgan fingerprint density at radius 2 is 2.04 bits per heavy atom. The van der Waals surface area contributed by atoms with Gasteiger partial charge in [0.25, 0.3) is 5.91 Å². The maximum Gasteiger partial charge on any atom is 0.302 e. The number of ether oxygens (including phenoxy) is 1. The third-order valence-electron chi connectivity index (χ3n) is 4.19. The van der Waals surface area contributed by atoms with Crippen LogP contribution in [-0.4, -0.2) is 25.5 Å². The van der Waals surface area contributed by atoms with Crippen molar-refractivity contribution in [1.82, 2.24) is 0 Å². The molecule has 24 heavy (non-hydrogen) atoms. The van der Waals surface area contributed by atoms with Crippen molar-refractivity contribution in [2.24, 2.45) is 0 Å². The van der Waals surface area contributed by atoms with Gasteiger partial charge >= 0.3 is 5.97 Å². The summed E-state index contributed by atoms with van der Waals surface area (Å²) in [5.41, 5.74) is 4.41. The summed E-state index contributed by atoms with van der Waals surface area (Å²) in [6.45, 7) is 2.15. The Morgan fingerprint density at radius 3 is 2.79 bits per heavy atom. The number of rotatable bonds is 4. The fourth-order valence-electron chi connectivity index (χ4n) is 2.95. The third-order valence-corrected chi connectivity index (χ3v) is 4.19. The normalized spacial score (nSPS) is 13.4. The van der Waals surface area contributed by atoms with E-state index in [4.69, 9.17) is 4.74 Å². The van der Waals surface area contributed by atoms with Gasteiger partial charge in [0.05, 0.1) is 5.69 Å². The molecule has 1 amide bonds. The van der Waals surface area contributed by atoms with E-state index in [0.717, 1.165) is 34.5 Å². The van der Waals surface area contributed by atoms with Crippen molar-refractivity contribution in [2.45, 2.75) is 20.0 Å². The summed E-state index contributed by atoms with van der Waals surface area (Å²) in [7, 11) is 1.87. The summed E-state index contributed by atoms with van der Waals surface area (Å²) in [4.78, 5) is 25.8. The second-order valence-electron chi connectivity index (χ2n) is 5.74. The van der Waals surface area contributed by atoms with Crippen LogP contribution in [0.1, 0.15) is 28.4 Å². The highest BCUT2D eigenvalue weighted by molar-refractivity contribution is 6.08. The summed E-state index contributed by atoms with van der Waals surface area (Å²) in [5.74, 6) is -0.353. The van der Waals surface area contributed by atoms with Crippen LogP contribution in [0.5, 0.6) is 0 Å². The lowest BCUT2D eigenvalue weighted by molar-refractivity contribution is -0.142. The number of benzene rings is 2. The van der Waals surface area contributed by atoms with Gasteiger partial charge in [-0.05, 0) is 36.2 Å². The third kappa shape index (κ3) is 3.11. The lowest BCUT2D eigenvalue weighted by atomic mass is 9.97. The molecule has 3 rings (SSSR count). The molecule has 0 atom stereocenters. The predicted molar refractivity (Wildman–Crippen MR) is 93.3 cm³/mol. The van der Waals surface area contributed by atoms with Gasteiger partial charge in [0.15, 0.2) is 0 Å². The molecule has 0 unspecified atom stereocenters. The van der Waals surface area contributed by atoms with Crippen LogP contribution >= 0.6 is 0 Å². The molecule has 0 aromatic heterocycles. The van der Waals surface area contributed by atoms with Crippen molar-refractivity contribution in [3.05, 3.63) is 59.2 Å². The molecule has 0 aliphatic carbocycles. The molecule has 5 heteroatoms. The van der Waals surface area contributed by atoms with Gasteiger partial charge in [-0.2, -0.15) is 0 Å². The molecule has 2 aromatic rings. The standard InChI is InChI=1S/C19H20N2O3/c1-13(22)24-12-15-5-3-4-6-18(15)21-10-9-14-11-16(20-2)7-8-17(14)19(21)23/h3-8,11,20H,9-10,12H2,1-2H3. The number of hydrogen-bond acceptors (Lipinski definition) is 4. The zero-order chi connectivity index (χ0) is 17.1. The average molecular weight is 324 g/mol. The number of fused-ring (bicyclic) bond motifs is 1. The number of hydrogen-bond donors (Lipinski definition) is 1. The molecule has 1 heterocycles. The lowest BCUT2D eigenvalue weighted by Crippen LogP contribution is -2.38. The van der Waals surface area contributed by atoms with Crippen LogP contribution in [0.2, 0.25) is 0 Å². The molecule has 0 saturated heterocycles. The minimum atomic E-state index is -0.334. The van der Waals surface area contributed by atoms with Gasteiger partial charge in [-0.25, -0.2) is 0 Å². The Labute approximate surface area is 141 Å². The number of anilines is 2. The predicted octanol–water partition coefficient (Wildman–Crippen LogP) is 2.99. The van der Waals surface area contributed by atoms with Gasteiger partial charge < -0.3 is 15.0 Å². The maximum atomic E-state index is 12.9. The number of carbonyl (C=O) groups is 2. The first-order valence-corrected chi connectivity index (χ1v) is 7.94. The Kier molecular flexibility index (Phi) is 4.51. The van der Waals surface area contributed by atoms with Crippen LogP contribution < -0.4 is 10.2 Å². The topological polar surface area (TPSA) is 58.6 Å². The lowest BCUT2D eigenvalue weighted by Gasteiger charge is -2.30. The van der Waals surface area contributed by atoms with Crippen molar-refractivity contribution in [3.63, 3.8) is 0 Å². The summed E-state index contributed by atoms with van der Waals surface area (Å²) in [6, 6.07) is 13.3. The second-order valence-corrected chi connectivity index (χ2v) is 5.74. The van der Waals surface area contributed by atoms with Gasteiger partial charge in [-0.15, -0.1) is 0 Å². The molecule has 0 radical (unpaired) electrons. The van der Waals surface area contributed by atoms with Gasteiger partial charge in [-0.3, -0.25) is 9.59 Å². The van der Waals surface area contributed by atoms with E-state index < -0.39 is 0 Å². The molecule has 0 saturated carbocycles. The van der Waals surface area contributed by atoms with Crippen molar-refractivity contribution < 1.29 is 14.3 Å². The van der Waals surface area contributed by atoms with Crippen LogP contribution in [0.15, 0.2) is 42.5 Å². The van der Waals surface area contributed by atoms with Gasteiger partial charge in [0.2, 0.25) is 0 Å². The summed E-state index contributed by atoms with van der Waals surface area (Å²) in [6.07, 6.45) is 0.790. The van der Waals surface area contributed by atoms with Crippen molar-refractivity contribution >= 4 is 23.3 Å². The minimum absolute atomic E-state index is 0.0193. The van der Waals surface area contributed by atoms with E-state index in [0.29, 0.717) is 6.54 Å². The van der Waals surface area contributed by atoms with E-state index in [2.05, 4.69) is 5.32 Å². The SMILES string of the molecule is CNc1ccc2c(c1)CCN(c1ccccc1COC(C)=O)C2=O. The first-order valence-electron chi connectivity index (χ1n) is 7.94. The molecular weight excluding hydrogens is 304 g/mol. The monoisotopic (exact) mass is 324 g/mol. The van der Waals surface area contributed by atoms with Crippen LogP contribution in [-0.2, 0) is 22.6 Å². The zero-order valence-electron chi connectivity index (χ0n) is 13.8. The summed E-state index contributed by atoms with van der Waals surface area (Å²) in [5, 5.41) is 3.10. The van der Waals surface area contributed by atoms with E-state index in [1.54, 1.807) is 4.90 Å². The minimum Gasteiger partial charge on any atom is -0.461 e. The highest BCUT2D eigenvalue weighted by Gasteiger charge is 2.27. The van der Waals surface area contributed by atoms with E-state index >= 15 is 0 Å². The molecule has 1 N–H and O–H groups in total. The summed E-state index contributed by atoms with van der Waals surface area (Å²) < 4.78 is 5.11. The fraction of sp³-hybridized carbons (Fsp3) is 0.263. The zero-order valence-corrected chi connectivity index (χ0v) is 13.8. The molecule has 5 nitrogen and oxygen atoms in total. The number of amides is 1. The summed E-state index contributed by atoms with van der Waals surface area (Å²) >= 11 is 0. The Balaban J connectivity index is 1.91. The number of carbonyl (C=O) groups excluding carboxylic acids is 2. The molecule has 0 spiro atoms. The van der Waals surface area contributed by atoms with Crippen molar-refractivity contribution in [2.75, 3.05) is 23.8 Å². The van der Waals surface area contributed by atoms with E-state index in [1.807, 2.05) is 49.5 Å². The fourth-order valence-corrected chi connectivity index (χ4v) is 2.95. The Morgan fingerprint density at radius 1 is 1.25 bits per heavy atom. The van der Waals surface area contributed by atoms with Gasteiger partial charge in [0, 0.05) is 37.3 Å². The van der Waals surface area contributed by atoms with Crippen LogP contribution in [0.4, 0.5) is 11.4 Å².